The summed E-state index contributed by atoms with van der Waals surface area (Å²) in [7, 11) is 1.58. The molecule has 0 saturated heterocycles. The van der Waals surface area contributed by atoms with Gasteiger partial charge in [0.1, 0.15) is 5.75 Å². The van der Waals surface area contributed by atoms with Crippen LogP contribution in [0.1, 0.15) is 49.4 Å². The van der Waals surface area contributed by atoms with Gasteiger partial charge in [-0.25, -0.2) is 0 Å². The number of anilines is 1. The maximum Gasteiger partial charge on any atom is 0.253 e. The number of hydrogen-bond acceptors (Lipinski definition) is 3. The minimum Gasteiger partial charge on any atom is -0.497 e. The van der Waals surface area contributed by atoms with Crippen molar-refractivity contribution in [2.24, 2.45) is 5.92 Å². The minimum absolute atomic E-state index is 0.0786. The molecule has 2 rings (SSSR count). The van der Waals surface area contributed by atoms with E-state index in [1.165, 1.54) is 19.3 Å². The van der Waals surface area contributed by atoms with Gasteiger partial charge < -0.3 is 15.8 Å². The first-order valence-electron chi connectivity index (χ1n) is 7.38. The van der Waals surface area contributed by atoms with Crippen LogP contribution in [0.2, 0.25) is 0 Å². The maximum atomic E-state index is 12.3. The van der Waals surface area contributed by atoms with Gasteiger partial charge >= 0.3 is 0 Å². The van der Waals surface area contributed by atoms with Crippen molar-refractivity contribution in [1.82, 2.24) is 5.32 Å². The number of hydrogen-bond donors (Lipinski definition) is 2. The number of carbonyl (C=O) groups excluding carboxylic acids is 1. The zero-order valence-corrected chi connectivity index (χ0v) is 12.3. The zero-order chi connectivity index (χ0) is 14.5. The van der Waals surface area contributed by atoms with E-state index in [4.69, 9.17) is 10.5 Å². The molecule has 110 valence electrons. The van der Waals surface area contributed by atoms with E-state index in [9.17, 15) is 4.79 Å². The molecule has 1 amide bonds. The maximum absolute atomic E-state index is 12.3. The third kappa shape index (κ3) is 3.44. The van der Waals surface area contributed by atoms with Crippen LogP contribution in [-0.2, 0) is 0 Å². The fourth-order valence-corrected chi connectivity index (χ4v) is 2.85. The number of ether oxygens (including phenoxy) is 1. The van der Waals surface area contributed by atoms with Crippen molar-refractivity contribution in [2.75, 3.05) is 12.8 Å². The molecular formula is C16H24N2O2. The average Bonchev–Trinajstić information content (AvgIpc) is 2.47. The Bertz CT molecular complexity index is 466. The Balaban J connectivity index is 1.95. The lowest BCUT2D eigenvalue weighted by Crippen LogP contribution is -2.37. The van der Waals surface area contributed by atoms with E-state index in [0.717, 1.165) is 18.8 Å². The minimum atomic E-state index is -0.0786. The Morgan fingerprint density at radius 3 is 2.60 bits per heavy atom. The number of amides is 1. The van der Waals surface area contributed by atoms with E-state index >= 15 is 0 Å². The molecule has 0 bridgehead atoms. The quantitative estimate of drug-likeness (QED) is 0.831. The third-order valence-electron chi connectivity index (χ3n) is 4.26. The molecule has 0 aliphatic heterocycles. The number of nitrogens with two attached hydrogens (primary N) is 1. The van der Waals surface area contributed by atoms with Gasteiger partial charge in [-0.1, -0.05) is 13.3 Å². The number of nitrogens with one attached hydrogen (secondary N) is 1. The van der Waals surface area contributed by atoms with Gasteiger partial charge in [-0.3, -0.25) is 4.79 Å². The molecule has 4 nitrogen and oxygen atoms in total. The number of benzene rings is 1. The van der Waals surface area contributed by atoms with Crippen molar-refractivity contribution in [1.29, 1.82) is 0 Å². The van der Waals surface area contributed by atoms with E-state index in [1.54, 1.807) is 25.3 Å². The lowest BCUT2D eigenvalue weighted by molar-refractivity contribution is 0.0922. The second kappa shape index (κ2) is 6.64. The third-order valence-corrected chi connectivity index (χ3v) is 4.26. The predicted octanol–water partition coefficient (Wildman–Crippen LogP) is 2.98. The molecule has 1 saturated carbocycles. The Morgan fingerprint density at radius 1 is 1.35 bits per heavy atom. The predicted molar refractivity (Wildman–Crippen MR) is 80.9 cm³/mol. The van der Waals surface area contributed by atoms with E-state index in [2.05, 4.69) is 12.2 Å². The van der Waals surface area contributed by atoms with Crippen molar-refractivity contribution in [2.45, 2.75) is 45.1 Å². The molecule has 0 aromatic heterocycles. The molecule has 3 N–H and O–H groups in total. The first kappa shape index (κ1) is 14.7. The summed E-state index contributed by atoms with van der Waals surface area (Å²) in [6, 6.07) is 5.45. The van der Waals surface area contributed by atoms with Gasteiger partial charge in [-0.15, -0.1) is 0 Å². The van der Waals surface area contributed by atoms with Crippen molar-refractivity contribution in [3.8, 4) is 5.75 Å². The van der Waals surface area contributed by atoms with Gasteiger partial charge in [0.25, 0.3) is 5.91 Å². The second-order valence-corrected chi connectivity index (χ2v) is 5.55. The van der Waals surface area contributed by atoms with Gasteiger partial charge in [0.2, 0.25) is 0 Å². The van der Waals surface area contributed by atoms with Crippen molar-refractivity contribution >= 4 is 11.6 Å². The lowest BCUT2D eigenvalue weighted by atomic mass is 9.84. The van der Waals surface area contributed by atoms with E-state index in [0.29, 0.717) is 17.0 Å². The summed E-state index contributed by atoms with van der Waals surface area (Å²) in [6.07, 6.45) is 5.80. The van der Waals surface area contributed by atoms with E-state index < -0.39 is 0 Å². The van der Waals surface area contributed by atoms with Crippen LogP contribution in [-0.4, -0.2) is 19.1 Å². The highest BCUT2D eigenvalue weighted by atomic mass is 16.5. The highest BCUT2D eigenvalue weighted by molar-refractivity contribution is 5.99. The molecule has 1 fully saturated rings. The van der Waals surface area contributed by atoms with Crippen LogP contribution in [0.5, 0.6) is 5.75 Å². The Morgan fingerprint density at radius 2 is 2.05 bits per heavy atom. The van der Waals surface area contributed by atoms with Crippen LogP contribution in [0.15, 0.2) is 18.2 Å². The summed E-state index contributed by atoms with van der Waals surface area (Å²) in [5.41, 5.74) is 6.90. The van der Waals surface area contributed by atoms with Crippen LogP contribution in [0.3, 0.4) is 0 Å². The van der Waals surface area contributed by atoms with Crippen LogP contribution < -0.4 is 15.8 Å². The molecule has 1 aromatic rings. The normalized spacial score (nSPS) is 22.3. The van der Waals surface area contributed by atoms with Gasteiger partial charge in [0.05, 0.1) is 12.7 Å². The van der Waals surface area contributed by atoms with Crippen molar-refractivity contribution in [3.63, 3.8) is 0 Å². The standard InChI is InChI=1S/C16H24N2O2/c1-3-11-4-6-12(7-5-11)18-16(19)14-9-8-13(20-2)10-15(14)17/h8-12H,3-7,17H2,1-2H3,(H,18,19). The largest absolute Gasteiger partial charge is 0.497 e. The Hall–Kier alpha value is -1.71. The molecule has 0 heterocycles. The monoisotopic (exact) mass is 276 g/mol. The fourth-order valence-electron chi connectivity index (χ4n) is 2.85. The number of carbonyl (C=O) groups is 1. The summed E-state index contributed by atoms with van der Waals surface area (Å²) in [5, 5.41) is 3.10. The van der Waals surface area contributed by atoms with E-state index in [-0.39, 0.29) is 11.9 Å². The SMILES string of the molecule is CCC1CCC(NC(=O)c2ccc(OC)cc2N)CC1. The molecule has 0 unspecified atom stereocenters. The summed E-state index contributed by atoms with van der Waals surface area (Å²) < 4.78 is 5.09. The topological polar surface area (TPSA) is 64.3 Å². The second-order valence-electron chi connectivity index (χ2n) is 5.55. The van der Waals surface area contributed by atoms with Crippen LogP contribution in [0.25, 0.3) is 0 Å². The van der Waals surface area contributed by atoms with Crippen LogP contribution in [0, 0.1) is 5.92 Å². The molecule has 1 aliphatic carbocycles. The van der Waals surface area contributed by atoms with Gasteiger partial charge in [-0.05, 0) is 43.7 Å². The number of nitrogen functional groups attached to an aromatic ring is 1. The highest BCUT2D eigenvalue weighted by Crippen LogP contribution is 2.27. The molecule has 0 radical (unpaired) electrons. The highest BCUT2D eigenvalue weighted by Gasteiger charge is 2.22. The smallest absolute Gasteiger partial charge is 0.253 e. The van der Waals surface area contributed by atoms with Crippen molar-refractivity contribution < 1.29 is 9.53 Å². The molecule has 4 heteroatoms. The fraction of sp³-hybridized carbons (Fsp3) is 0.562. The molecule has 0 spiro atoms. The Kier molecular flexibility index (Phi) is 4.88. The van der Waals surface area contributed by atoms with E-state index in [1.807, 2.05) is 0 Å². The molecule has 0 atom stereocenters. The van der Waals surface area contributed by atoms with Gasteiger partial charge in [-0.2, -0.15) is 0 Å². The molecular weight excluding hydrogens is 252 g/mol. The van der Waals surface area contributed by atoms with Crippen LogP contribution >= 0.6 is 0 Å². The molecule has 20 heavy (non-hydrogen) atoms. The lowest BCUT2D eigenvalue weighted by Gasteiger charge is -2.28. The summed E-state index contributed by atoms with van der Waals surface area (Å²) >= 11 is 0. The first-order chi connectivity index (χ1) is 9.63. The zero-order valence-electron chi connectivity index (χ0n) is 12.3. The van der Waals surface area contributed by atoms with Gasteiger partial charge in [0, 0.05) is 17.8 Å². The molecule has 1 aromatic carbocycles. The summed E-state index contributed by atoms with van der Waals surface area (Å²) in [6.45, 7) is 2.24. The van der Waals surface area contributed by atoms with Crippen LogP contribution in [0.4, 0.5) is 5.69 Å². The number of rotatable bonds is 4. The summed E-state index contributed by atoms with van der Waals surface area (Å²) in [4.78, 5) is 12.3. The Labute approximate surface area is 120 Å². The first-order valence-corrected chi connectivity index (χ1v) is 7.38. The average molecular weight is 276 g/mol. The number of methoxy groups -OCH3 is 1. The van der Waals surface area contributed by atoms with Gasteiger partial charge in [0.15, 0.2) is 0 Å². The summed E-state index contributed by atoms with van der Waals surface area (Å²) in [5.74, 6) is 1.42. The van der Waals surface area contributed by atoms with Crippen molar-refractivity contribution in [3.05, 3.63) is 23.8 Å². The molecule has 1 aliphatic rings.